The van der Waals surface area contributed by atoms with Gasteiger partial charge in [-0.2, -0.15) is 0 Å². The van der Waals surface area contributed by atoms with Crippen molar-refractivity contribution in [2.45, 2.75) is 76.1 Å². The predicted molar refractivity (Wildman–Crippen MR) is 192 cm³/mol. The van der Waals surface area contributed by atoms with Crippen LogP contribution in [0.25, 0.3) is 0 Å². The maximum atomic E-state index is 14.2. The number of nitrogens with zero attached hydrogens (tertiary/aromatic N) is 1. The van der Waals surface area contributed by atoms with Gasteiger partial charge in [0.2, 0.25) is 0 Å². The highest BCUT2D eigenvalue weighted by atomic mass is 35.5. The van der Waals surface area contributed by atoms with E-state index in [0.29, 0.717) is 37.2 Å². The summed E-state index contributed by atoms with van der Waals surface area (Å²) >= 11 is 6.46. The van der Waals surface area contributed by atoms with Gasteiger partial charge in [0.25, 0.3) is 5.91 Å². The monoisotopic (exact) mass is 682 g/mol. The van der Waals surface area contributed by atoms with E-state index in [4.69, 9.17) is 25.8 Å². The molecule has 0 radical (unpaired) electrons. The van der Waals surface area contributed by atoms with Crippen molar-refractivity contribution in [2.24, 2.45) is 23.7 Å². The van der Waals surface area contributed by atoms with Crippen LogP contribution in [0.15, 0.2) is 48.6 Å². The van der Waals surface area contributed by atoms with Crippen molar-refractivity contribution in [3.05, 3.63) is 70.3 Å². The van der Waals surface area contributed by atoms with E-state index < -0.39 is 9.71 Å². The molecule has 1 spiro atoms. The number of carbonyl (C=O) groups excluding carboxylic acids is 1. The normalized spacial score (nSPS) is 33.2. The molecule has 2 bridgehead atoms. The van der Waals surface area contributed by atoms with E-state index in [1.165, 1.54) is 11.1 Å². The van der Waals surface area contributed by atoms with E-state index in [9.17, 15) is 9.00 Å². The van der Waals surface area contributed by atoms with Gasteiger partial charge in [0.05, 0.1) is 46.6 Å². The minimum Gasteiger partial charge on any atom is -0.490 e. The summed E-state index contributed by atoms with van der Waals surface area (Å²) in [5.41, 5.74) is 3.77. The number of carbonyl (C=O) groups is 1. The minimum absolute atomic E-state index is 0.0362. The summed E-state index contributed by atoms with van der Waals surface area (Å²) in [6.07, 6.45) is 10.4. The predicted octanol–water partition coefficient (Wildman–Crippen LogP) is 6.85. The van der Waals surface area contributed by atoms with Gasteiger partial charge in [-0.15, -0.1) is 0 Å². The highest BCUT2D eigenvalue weighted by Gasteiger charge is 2.44. The largest absolute Gasteiger partial charge is 0.490 e. The lowest BCUT2D eigenvalue weighted by Crippen LogP contribution is -2.49. The maximum Gasteiger partial charge on any atom is 0.262 e. The molecule has 2 aliphatic heterocycles. The van der Waals surface area contributed by atoms with Gasteiger partial charge in [0.15, 0.2) is 0 Å². The SMILES string of the molecule is C=S1(=O)NC(=O)c2ccc3c(c2)N(C[C@@H]2CC[C@H]2[C@@H](OCCOC)/C=C/C[C@H](C)[C@@H]1C(C)C)C[C@@]1(CCCc2cc(Cl)ccc21)CO3. The Balaban J connectivity index is 1.42. The molecule has 0 saturated heterocycles. The summed E-state index contributed by atoms with van der Waals surface area (Å²) in [7, 11) is -1.27. The molecule has 4 aliphatic rings. The fraction of sp³-hybridized carbons (Fsp3) is 0.579. The topological polar surface area (TPSA) is 77.1 Å². The molecular formula is C38H51ClN2O5S. The molecule has 2 aliphatic carbocycles. The highest BCUT2D eigenvalue weighted by Crippen LogP contribution is 2.47. The second-order valence-corrected chi connectivity index (χ2v) is 17.3. The van der Waals surface area contributed by atoms with Gasteiger partial charge in [-0.1, -0.05) is 50.6 Å². The number of halogens is 1. The van der Waals surface area contributed by atoms with Gasteiger partial charge in [0, 0.05) is 36.2 Å². The van der Waals surface area contributed by atoms with Crippen LogP contribution in [0.2, 0.25) is 5.02 Å². The zero-order valence-electron chi connectivity index (χ0n) is 28.3. The number of rotatable bonds is 5. The van der Waals surface area contributed by atoms with E-state index in [2.05, 4.69) is 60.5 Å². The number of ether oxygens (including phenoxy) is 3. The van der Waals surface area contributed by atoms with Crippen LogP contribution in [0, 0.1) is 23.7 Å². The average molecular weight is 683 g/mol. The van der Waals surface area contributed by atoms with Gasteiger partial charge in [-0.3, -0.25) is 9.52 Å². The Kier molecular flexibility index (Phi) is 10.3. The molecule has 2 heterocycles. The third-order valence-electron chi connectivity index (χ3n) is 11.0. The Morgan fingerprint density at radius 1 is 1.19 bits per heavy atom. The Morgan fingerprint density at radius 3 is 2.77 bits per heavy atom. The van der Waals surface area contributed by atoms with Crippen LogP contribution in [0.5, 0.6) is 5.75 Å². The standard InChI is InChI=1S/C38H51ClN2O5S/c1-25(2)36-26(3)8-6-10-34(45-19-18-44-4)31-14-11-29(31)22-41-23-38(17-7-9-27-20-30(39)13-15-32(27)38)24-46-35-16-12-28(21-33(35)41)37(42)40-47(36,5)43/h6,10,12-13,15-16,20-21,25-26,29,31,34,36H,5,7-9,11,14,17-19,22-24H2,1-4H3,(H,40,42,43)/b10-6+/t26-,29-,31+,34-,36-,38-,47?/m0/s1. The fourth-order valence-corrected chi connectivity index (χ4v) is 11.2. The summed E-state index contributed by atoms with van der Waals surface area (Å²) in [5.74, 6) is 5.40. The van der Waals surface area contributed by atoms with Crippen LogP contribution >= 0.6 is 11.6 Å². The van der Waals surface area contributed by atoms with Crippen LogP contribution in [0.1, 0.15) is 74.4 Å². The van der Waals surface area contributed by atoms with Crippen molar-refractivity contribution in [1.82, 2.24) is 4.72 Å². The minimum atomic E-state index is -2.97. The lowest BCUT2D eigenvalue weighted by atomic mass is 9.68. The first-order chi connectivity index (χ1) is 22.5. The molecular weight excluding hydrogens is 632 g/mol. The molecule has 256 valence electrons. The Morgan fingerprint density at radius 2 is 2.02 bits per heavy atom. The number of fused-ring (bicyclic) bond motifs is 4. The smallest absolute Gasteiger partial charge is 0.262 e. The van der Waals surface area contributed by atoms with Crippen molar-refractivity contribution in [2.75, 3.05) is 44.9 Å². The molecule has 7 atom stereocenters. The van der Waals surface area contributed by atoms with Crippen LogP contribution < -0.4 is 14.4 Å². The fourth-order valence-electron chi connectivity index (χ4n) is 8.70. The van der Waals surface area contributed by atoms with Gasteiger partial charge >= 0.3 is 0 Å². The molecule has 7 nitrogen and oxygen atoms in total. The van der Waals surface area contributed by atoms with Gasteiger partial charge in [-0.25, -0.2) is 4.21 Å². The first-order valence-electron chi connectivity index (χ1n) is 17.3. The number of aryl methyl sites for hydroxylation is 1. The first kappa shape index (κ1) is 34.3. The molecule has 9 heteroatoms. The zero-order chi connectivity index (χ0) is 33.3. The molecule has 6 rings (SSSR count). The number of hydrogen-bond donors (Lipinski definition) is 1. The van der Waals surface area contributed by atoms with Gasteiger partial charge < -0.3 is 19.1 Å². The molecule has 0 aromatic heterocycles. The summed E-state index contributed by atoms with van der Waals surface area (Å²) in [5, 5.41) is 0.467. The van der Waals surface area contributed by atoms with Crippen molar-refractivity contribution < 1.29 is 23.2 Å². The number of anilines is 1. The third kappa shape index (κ3) is 7.12. The number of benzene rings is 2. The van der Waals surface area contributed by atoms with E-state index in [1.54, 1.807) is 13.2 Å². The lowest BCUT2D eigenvalue weighted by molar-refractivity contribution is -0.0309. The van der Waals surface area contributed by atoms with Crippen LogP contribution in [-0.2, 0) is 31.0 Å². The zero-order valence-corrected chi connectivity index (χ0v) is 29.9. The number of methoxy groups -OCH3 is 1. The summed E-state index contributed by atoms with van der Waals surface area (Å²) in [6, 6.07) is 11.9. The molecule has 2 aromatic carbocycles. The van der Waals surface area contributed by atoms with E-state index in [-0.39, 0.29) is 34.5 Å². The first-order valence-corrected chi connectivity index (χ1v) is 19.4. The molecule has 1 fully saturated rings. The van der Waals surface area contributed by atoms with E-state index >= 15 is 0 Å². The summed E-state index contributed by atoms with van der Waals surface area (Å²) < 4.78 is 35.6. The highest BCUT2D eigenvalue weighted by molar-refractivity contribution is 7.99. The Hall–Kier alpha value is -2.52. The maximum absolute atomic E-state index is 14.2. The average Bonchev–Trinajstić information content (AvgIpc) is 3.15. The molecule has 47 heavy (non-hydrogen) atoms. The summed E-state index contributed by atoms with van der Waals surface area (Å²) in [4.78, 5) is 16.3. The van der Waals surface area contributed by atoms with Crippen LogP contribution in [-0.4, -0.2) is 67.4 Å². The Bertz CT molecular complexity index is 1590. The van der Waals surface area contributed by atoms with Crippen molar-refractivity contribution in [1.29, 1.82) is 0 Å². The molecule has 1 saturated carbocycles. The lowest BCUT2D eigenvalue weighted by Gasteiger charge is -2.46. The number of nitrogens with one attached hydrogen (secondary N) is 1. The van der Waals surface area contributed by atoms with Gasteiger partial charge in [-0.05, 0) is 110 Å². The van der Waals surface area contributed by atoms with Crippen molar-refractivity contribution >= 4 is 38.8 Å². The Labute approximate surface area is 286 Å². The van der Waals surface area contributed by atoms with Crippen molar-refractivity contribution in [3.63, 3.8) is 0 Å². The number of amides is 1. The molecule has 1 N–H and O–H groups in total. The summed E-state index contributed by atoms with van der Waals surface area (Å²) in [6.45, 7) is 9.44. The van der Waals surface area contributed by atoms with Crippen LogP contribution in [0.3, 0.4) is 0 Å². The van der Waals surface area contributed by atoms with Crippen LogP contribution in [0.4, 0.5) is 5.69 Å². The third-order valence-corrected chi connectivity index (χ3v) is 13.7. The second-order valence-electron chi connectivity index (χ2n) is 14.6. The second kappa shape index (κ2) is 14.1. The molecule has 1 unspecified atom stereocenters. The number of hydrogen-bond acceptors (Lipinski definition) is 6. The number of allylic oxidation sites excluding steroid dienone is 1. The van der Waals surface area contributed by atoms with E-state index in [1.807, 2.05) is 18.2 Å². The van der Waals surface area contributed by atoms with E-state index in [0.717, 1.165) is 68.1 Å². The quantitative estimate of drug-likeness (QED) is 0.211. The molecule has 2 aromatic rings. The van der Waals surface area contributed by atoms with Crippen molar-refractivity contribution in [3.8, 4) is 5.75 Å². The molecule has 1 amide bonds. The van der Waals surface area contributed by atoms with Gasteiger partial charge in [0.1, 0.15) is 5.75 Å².